The molecular formula is C22H38N4O6. The maximum Gasteiger partial charge on any atom is 0.407 e. The van der Waals surface area contributed by atoms with E-state index in [0.717, 1.165) is 50.4 Å². The maximum absolute atomic E-state index is 12.3. The average Bonchev–Trinajstić information content (AvgIpc) is 3.24. The molecule has 3 N–H and O–H groups in total. The van der Waals surface area contributed by atoms with E-state index in [2.05, 4.69) is 21.1 Å². The largest absolute Gasteiger partial charge is 0.467 e. The number of unbranched alkanes of at least 4 members (excludes halogenated alkanes) is 1. The lowest BCUT2D eigenvalue weighted by atomic mass is 9.91. The molecular weight excluding hydrogens is 416 g/mol. The number of carbonyl (C=O) groups is 3. The number of hydrogen-bond donors (Lipinski definition) is 3. The molecule has 0 bridgehead atoms. The van der Waals surface area contributed by atoms with Crippen LogP contribution in [0.15, 0.2) is 5.16 Å². The standard InChI is InChI=1S/C22H38N4O6/c1-3-4-12-31-22(29)25-19(21(28)30-2)15-24-20(27)14-18-13-17(26-32-18)7-5-6-16-8-10-23-11-9-16/h16,18-19,23H,3-15H2,1-2H3,(H,24,27)(H,25,29)/t18?,19-/m0/s1. The summed E-state index contributed by atoms with van der Waals surface area (Å²) in [5.74, 6) is -0.147. The summed E-state index contributed by atoms with van der Waals surface area (Å²) in [6, 6.07) is -1.02. The number of alkyl carbamates (subject to hydrolysis) is 1. The third kappa shape index (κ3) is 9.84. The van der Waals surface area contributed by atoms with Gasteiger partial charge in [-0.25, -0.2) is 9.59 Å². The van der Waals surface area contributed by atoms with Gasteiger partial charge in [0.05, 0.1) is 25.8 Å². The Morgan fingerprint density at radius 3 is 2.75 bits per heavy atom. The van der Waals surface area contributed by atoms with Crippen LogP contribution in [0.5, 0.6) is 0 Å². The Labute approximate surface area is 190 Å². The summed E-state index contributed by atoms with van der Waals surface area (Å²) >= 11 is 0. The normalized spacial score (nSPS) is 19.4. The van der Waals surface area contributed by atoms with E-state index in [0.29, 0.717) is 6.42 Å². The quantitative estimate of drug-likeness (QED) is 0.286. The maximum atomic E-state index is 12.3. The van der Waals surface area contributed by atoms with Gasteiger partial charge in [0.25, 0.3) is 0 Å². The number of methoxy groups -OCH3 is 1. The minimum atomic E-state index is -1.02. The van der Waals surface area contributed by atoms with Crippen molar-refractivity contribution >= 4 is 23.7 Å². The van der Waals surface area contributed by atoms with Crippen LogP contribution in [0.25, 0.3) is 0 Å². The van der Waals surface area contributed by atoms with Crippen molar-refractivity contribution in [2.24, 2.45) is 11.1 Å². The lowest BCUT2D eigenvalue weighted by molar-refractivity contribution is -0.143. The topological polar surface area (TPSA) is 127 Å². The Morgan fingerprint density at radius 2 is 2.03 bits per heavy atom. The highest BCUT2D eigenvalue weighted by Gasteiger charge is 2.26. The van der Waals surface area contributed by atoms with Crippen LogP contribution in [0, 0.1) is 5.92 Å². The number of hydrogen-bond acceptors (Lipinski definition) is 8. The molecule has 1 fully saturated rings. The van der Waals surface area contributed by atoms with Crippen LogP contribution < -0.4 is 16.0 Å². The average molecular weight is 455 g/mol. The van der Waals surface area contributed by atoms with Crippen LogP contribution in [-0.4, -0.2) is 69.2 Å². The number of amides is 2. The molecule has 2 aliphatic rings. The first-order valence-corrected chi connectivity index (χ1v) is 11.7. The molecule has 10 heteroatoms. The zero-order valence-corrected chi connectivity index (χ0v) is 19.3. The Balaban J connectivity index is 1.64. The minimum absolute atomic E-state index is 0.0922. The van der Waals surface area contributed by atoms with Crippen molar-refractivity contribution < 1.29 is 28.7 Å². The lowest BCUT2D eigenvalue weighted by Crippen LogP contribution is -2.49. The number of oxime groups is 1. The third-order valence-electron chi connectivity index (χ3n) is 5.76. The molecule has 0 spiro atoms. The van der Waals surface area contributed by atoms with E-state index < -0.39 is 18.1 Å². The summed E-state index contributed by atoms with van der Waals surface area (Å²) in [5, 5.41) is 12.6. The number of rotatable bonds is 13. The van der Waals surface area contributed by atoms with Crippen molar-refractivity contribution in [3.05, 3.63) is 0 Å². The zero-order valence-electron chi connectivity index (χ0n) is 19.3. The first-order chi connectivity index (χ1) is 15.5. The molecule has 2 amide bonds. The van der Waals surface area contributed by atoms with E-state index in [1.807, 2.05) is 6.92 Å². The first-order valence-electron chi connectivity index (χ1n) is 11.7. The Kier molecular flexibility index (Phi) is 11.9. The Morgan fingerprint density at radius 1 is 1.25 bits per heavy atom. The van der Waals surface area contributed by atoms with Crippen LogP contribution in [0.4, 0.5) is 4.79 Å². The first kappa shape index (κ1) is 25.9. The Hall–Kier alpha value is -2.36. The van der Waals surface area contributed by atoms with Gasteiger partial charge < -0.3 is 30.3 Å². The van der Waals surface area contributed by atoms with Crippen LogP contribution in [0.1, 0.15) is 64.7 Å². The van der Waals surface area contributed by atoms with E-state index in [9.17, 15) is 14.4 Å². The van der Waals surface area contributed by atoms with Crippen molar-refractivity contribution in [2.45, 2.75) is 76.9 Å². The number of nitrogens with zero attached hydrogens (tertiary/aromatic N) is 1. The van der Waals surface area contributed by atoms with Gasteiger partial charge in [-0.15, -0.1) is 0 Å². The van der Waals surface area contributed by atoms with Gasteiger partial charge in [0.1, 0.15) is 12.1 Å². The van der Waals surface area contributed by atoms with Crippen molar-refractivity contribution in [3.63, 3.8) is 0 Å². The van der Waals surface area contributed by atoms with Crippen LogP contribution in [0.2, 0.25) is 0 Å². The molecule has 0 radical (unpaired) electrons. The summed E-state index contributed by atoms with van der Waals surface area (Å²) in [6.07, 6.45) is 7.05. The molecule has 32 heavy (non-hydrogen) atoms. The highest BCUT2D eigenvalue weighted by Crippen LogP contribution is 2.22. The molecule has 2 heterocycles. The van der Waals surface area contributed by atoms with Gasteiger partial charge in [0.2, 0.25) is 5.91 Å². The van der Waals surface area contributed by atoms with Gasteiger partial charge in [-0.2, -0.15) is 0 Å². The summed E-state index contributed by atoms with van der Waals surface area (Å²) < 4.78 is 9.69. The molecule has 2 aliphatic heterocycles. The van der Waals surface area contributed by atoms with Crippen molar-refractivity contribution in [2.75, 3.05) is 33.4 Å². The predicted octanol–water partition coefficient (Wildman–Crippen LogP) is 1.88. The van der Waals surface area contributed by atoms with Crippen molar-refractivity contribution in [1.82, 2.24) is 16.0 Å². The molecule has 1 saturated heterocycles. The van der Waals surface area contributed by atoms with Gasteiger partial charge in [0, 0.05) is 13.0 Å². The van der Waals surface area contributed by atoms with Gasteiger partial charge in [-0.3, -0.25) is 4.79 Å². The molecule has 2 atom stereocenters. The molecule has 0 saturated carbocycles. The van der Waals surface area contributed by atoms with Crippen molar-refractivity contribution in [3.8, 4) is 0 Å². The van der Waals surface area contributed by atoms with Crippen LogP contribution in [-0.2, 0) is 23.9 Å². The van der Waals surface area contributed by atoms with E-state index in [-0.39, 0.29) is 31.6 Å². The molecule has 0 aromatic rings. The van der Waals surface area contributed by atoms with Gasteiger partial charge in [-0.1, -0.05) is 18.5 Å². The molecule has 2 rings (SSSR count). The number of piperidine rings is 1. The number of carbonyl (C=O) groups excluding carboxylic acids is 3. The summed E-state index contributed by atoms with van der Waals surface area (Å²) in [6.45, 7) is 4.37. The zero-order chi connectivity index (χ0) is 23.2. The second-order valence-corrected chi connectivity index (χ2v) is 8.39. The number of ether oxygens (including phenoxy) is 2. The predicted molar refractivity (Wildman–Crippen MR) is 119 cm³/mol. The fraction of sp³-hybridized carbons (Fsp3) is 0.818. The van der Waals surface area contributed by atoms with E-state index in [4.69, 9.17) is 14.3 Å². The van der Waals surface area contributed by atoms with Crippen LogP contribution >= 0.6 is 0 Å². The monoisotopic (exact) mass is 454 g/mol. The van der Waals surface area contributed by atoms with E-state index in [1.54, 1.807) is 0 Å². The minimum Gasteiger partial charge on any atom is -0.467 e. The van der Waals surface area contributed by atoms with Gasteiger partial charge in [0.15, 0.2) is 0 Å². The Bertz CT molecular complexity index is 636. The van der Waals surface area contributed by atoms with E-state index >= 15 is 0 Å². The molecule has 0 aliphatic carbocycles. The van der Waals surface area contributed by atoms with Crippen molar-refractivity contribution in [1.29, 1.82) is 0 Å². The molecule has 1 unspecified atom stereocenters. The molecule has 182 valence electrons. The second kappa shape index (κ2) is 14.7. The highest BCUT2D eigenvalue weighted by atomic mass is 16.6. The lowest BCUT2D eigenvalue weighted by Gasteiger charge is -2.22. The van der Waals surface area contributed by atoms with E-state index in [1.165, 1.54) is 26.4 Å². The summed E-state index contributed by atoms with van der Waals surface area (Å²) in [4.78, 5) is 41.4. The highest BCUT2D eigenvalue weighted by molar-refractivity contribution is 5.87. The number of esters is 1. The fourth-order valence-corrected chi connectivity index (χ4v) is 3.83. The summed E-state index contributed by atoms with van der Waals surface area (Å²) in [7, 11) is 1.22. The molecule has 0 aromatic heterocycles. The second-order valence-electron chi connectivity index (χ2n) is 8.39. The molecule has 0 aromatic carbocycles. The van der Waals surface area contributed by atoms with Gasteiger partial charge >= 0.3 is 12.1 Å². The smallest absolute Gasteiger partial charge is 0.407 e. The SMILES string of the molecule is CCCCOC(=O)N[C@@H](CNC(=O)CC1CC(CCCC2CCNCC2)=NO1)C(=O)OC. The molecule has 10 nitrogen and oxygen atoms in total. The number of nitrogens with one attached hydrogen (secondary N) is 3. The van der Waals surface area contributed by atoms with Gasteiger partial charge in [-0.05, 0) is 57.5 Å². The summed E-state index contributed by atoms with van der Waals surface area (Å²) in [5.41, 5.74) is 1.00. The third-order valence-corrected chi connectivity index (χ3v) is 5.76. The fourth-order valence-electron chi connectivity index (χ4n) is 3.83. The van der Waals surface area contributed by atoms with Crippen LogP contribution in [0.3, 0.4) is 0 Å².